The number of likely N-dealkylation sites (tertiary alicyclic amines) is 1. The van der Waals surface area contributed by atoms with Gasteiger partial charge < -0.3 is 9.88 Å². The molecule has 1 fully saturated rings. The highest BCUT2D eigenvalue weighted by atomic mass is 35.5. The van der Waals surface area contributed by atoms with E-state index in [0.29, 0.717) is 13.1 Å². The zero-order valence-electron chi connectivity index (χ0n) is 15.2. The van der Waals surface area contributed by atoms with E-state index in [2.05, 4.69) is 20.1 Å². The minimum absolute atomic E-state index is 0. The van der Waals surface area contributed by atoms with Gasteiger partial charge in [-0.15, -0.1) is 22.6 Å². The number of nitrogens with one attached hydrogen (secondary N) is 1. The van der Waals surface area contributed by atoms with Crippen LogP contribution in [0.4, 0.5) is 17.6 Å². The molecule has 3 heterocycles. The van der Waals surface area contributed by atoms with E-state index in [1.807, 2.05) is 4.90 Å². The van der Waals surface area contributed by atoms with Gasteiger partial charge in [0, 0.05) is 31.1 Å². The summed E-state index contributed by atoms with van der Waals surface area (Å²) in [4.78, 5) is 2.00. The van der Waals surface area contributed by atoms with Gasteiger partial charge in [-0.25, -0.2) is 4.39 Å². The lowest BCUT2D eigenvalue weighted by Gasteiger charge is -2.32. The minimum atomic E-state index is -4.46. The third-order valence-corrected chi connectivity index (χ3v) is 5.37. The van der Waals surface area contributed by atoms with Gasteiger partial charge in [0.1, 0.15) is 17.5 Å². The van der Waals surface area contributed by atoms with E-state index >= 15 is 0 Å². The second kappa shape index (κ2) is 8.34. The highest BCUT2D eigenvalue weighted by molar-refractivity contribution is 5.85. The molecule has 2 aromatic rings. The number of benzene rings is 1. The number of hydrogen-bond acceptors (Lipinski definition) is 4. The maximum absolute atomic E-state index is 14.0. The summed E-state index contributed by atoms with van der Waals surface area (Å²) in [5, 5.41) is 11.9. The lowest BCUT2D eigenvalue weighted by molar-refractivity contribution is -0.137. The quantitative estimate of drug-likeness (QED) is 0.775. The summed E-state index contributed by atoms with van der Waals surface area (Å²) < 4.78 is 54.8. The molecule has 0 bridgehead atoms. The third-order valence-electron chi connectivity index (χ3n) is 5.37. The van der Waals surface area contributed by atoms with Gasteiger partial charge in [0.05, 0.1) is 12.1 Å². The molecule has 154 valence electrons. The smallest absolute Gasteiger partial charge is 0.312 e. The Balaban J connectivity index is 0.00000225. The molecule has 5 nitrogen and oxygen atoms in total. The van der Waals surface area contributed by atoms with Gasteiger partial charge in [-0.1, -0.05) is 0 Å². The van der Waals surface area contributed by atoms with Gasteiger partial charge in [0.15, 0.2) is 0 Å². The summed E-state index contributed by atoms with van der Waals surface area (Å²) in [7, 11) is 0. The van der Waals surface area contributed by atoms with Crippen LogP contribution in [-0.4, -0.2) is 39.3 Å². The van der Waals surface area contributed by atoms with Crippen molar-refractivity contribution in [2.75, 3.05) is 19.6 Å². The summed E-state index contributed by atoms with van der Waals surface area (Å²) in [5.74, 6) is 1.64. The zero-order valence-corrected chi connectivity index (χ0v) is 16.0. The number of hydrogen-bond donors (Lipinski definition) is 1. The van der Waals surface area contributed by atoms with Crippen molar-refractivity contribution in [2.24, 2.45) is 0 Å². The summed E-state index contributed by atoms with van der Waals surface area (Å²) in [5.41, 5.74) is -0.716. The number of fused-ring (bicyclic) bond motifs is 1. The highest BCUT2D eigenvalue weighted by Gasteiger charge is 2.32. The van der Waals surface area contributed by atoms with Crippen molar-refractivity contribution >= 4 is 12.4 Å². The van der Waals surface area contributed by atoms with Crippen molar-refractivity contribution < 1.29 is 17.6 Å². The van der Waals surface area contributed by atoms with Crippen LogP contribution in [0.1, 0.15) is 41.5 Å². The number of halogens is 5. The molecule has 0 spiro atoms. The molecule has 0 radical (unpaired) electrons. The van der Waals surface area contributed by atoms with E-state index in [9.17, 15) is 17.6 Å². The van der Waals surface area contributed by atoms with E-state index in [1.54, 1.807) is 0 Å². The lowest BCUT2D eigenvalue weighted by atomic mass is 9.95. The van der Waals surface area contributed by atoms with E-state index < -0.39 is 17.6 Å². The Kier molecular flexibility index (Phi) is 6.26. The van der Waals surface area contributed by atoms with Crippen molar-refractivity contribution in [3.63, 3.8) is 0 Å². The molecule has 0 unspecified atom stereocenters. The molecule has 4 rings (SSSR count). The Labute approximate surface area is 166 Å². The Morgan fingerprint density at radius 3 is 2.57 bits per heavy atom. The first-order valence-electron chi connectivity index (χ1n) is 9.12. The van der Waals surface area contributed by atoms with Crippen molar-refractivity contribution in [2.45, 2.75) is 44.6 Å². The number of rotatable bonds is 3. The Hall–Kier alpha value is -1.71. The van der Waals surface area contributed by atoms with Crippen LogP contribution in [0.25, 0.3) is 0 Å². The zero-order chi connectivity index (χ0) is 19.0. The van der Waals surface area contributed by atoms with Gasteiger partial charge in [-0.3, -0.25) is 4.90 Å². The van der Waals surface area contributed by atoms with Crippen molar-refractivity contribution in [3.8, 4) is 0 Å². The van der Waals surface area contributed by atoms with E-state index in [-0.39, 0.29) is 30.4 Å². The van der Waals surface area contributed by atoms with Crippen LogP contribution in [0, 0.1) is 5.82 Å². The number of aromatic nitrogens is 3. The summed E-state index contributed by atoms with van der Waals surface area (Å²) in [6.07, 6.45) is -2.78. The van der Waals surface area contributed by atoms with Gasteiger partial charge in [-0.2, -0.15) is 13.2 Å². The van der Waals surface area contributed by atoms with Gasteiger partial charge in [-0.05, 0) is 44.1 Å². The second-order valence-corrected chi connectivity index (χ2v) is 7.16. The van der Waals surface area contributed by atoms with Gasteiger partial charge in [0.2, 0.25) is 0 Å². The maximum atomic E-state index is 14.0. The molecule has 1 saturated heterocycles. The molecule has 0 saturated carbocycles. The molecule has 1 aromatic carbocycles. The average molecular weight is 420 g/mol. The third kappa shape index (κ3) is 4.31. The molecule has 0 aliphatic carbocycles. The summed E-state index contributed by atoms with van der Waals surface area (Å²) in [6, 6.07) is 2.61. The molecule has 1 N–H and O–H groups in total. The summed E-state index contributed by atoms with van der Waals surface area (Å²) in [6.45, 7) is 4.05. The van der Waals surface area contributed by atoms with Crippen molar-refractivity contribution in [1.82, 2.24) is 25.0 Å². The minimum Gasteiger partial charge on any atom is -0.312 e. The number of nitrogens with zero attached hydrogens (tertiary/aromatic N) is 4. The van der Waals surface area contributed by atoms with Crippen LogP contribution < -0.4 is 5.32 Å². The predicted molar refractivity (Wildman–Crippen MR) is 97.6 cm³/mol. The molecular formula is C18H22ClF4N5. The van der Waals surface area contributed by atoms with E-state index in [1.165, 1.54) is 0 Å². The van der Waals surface area contributed by atoms with Crippen LogP contribution in [0.5, 0.6) is 0 Å². The van der Waals surface area contributed by atoms with E-state index in [0.717, 1.165) is 62.3 Å². The van der Waals surface area contributed by atoms with Crippen LogP contribution in [0.15, 0.2) is 18.2 Å². The first-order chi connectivity index (χ1) is 12.9. The van der Waals surface area contributed by atoms with Crippen molar-refractivity contribution in [1.29, 1.82) is 0 Å². The fourth-order valence-electron chi connectivity index (χ4n) is 3.88. The number of alkyl halides is 3. The average Bonchev–Trinajstić information content (AvgIpc) is 3.07. The molecule has 10 heteroatoms. The normalized spacial score (nSPS) is 18.6. The molecule has 0 atom stereocenters. The SMILES string of the molecule is Cl.Fc1ccc(C(F)(F)F)cc1CN1CCC(c2nnc3n2CCNC3)CC1. The largest absolute Gasteiger partial charge is 0.416 e. The predicted octanol–water partition coefficient (Wildman–Crippen LogP) is 3.34. The molecule has 1 aromatic heterocycles. The van der Waals surface area contributed by atoms with Crippen LogP contribution in [0.3, 0.4) is 0 Å². The monoisotopic (exact) mass is 419 g/mol. The molecule has 28 heavy (non-hydrogen) atoms. The standard InChI is InChI=1S/C18H21F4N5.ClH/c19-15-2-1-14(18(20,21)22)9-13(15)11-26-6-3-12(4-7-26)17-25-24-16-10-23-5-8-27(16)17;/h1-2,9,12,23H,3-8,10-11H2;1H. The second-order valence-electron chi connectivity index (χ2n) is 7.16. The first kappa shape index (κ1) is 21.0. The fraction of sp³-hybridized carbons (Fsp3) is 0.556. The van der Waals surface area contributed by atoms with Crippen LogP contribution in [-0.2, 0) is 25.8 Å². The van der Waals surface area contributed by atoms with Crippen molar-refractivity contribution in [3.05, 3.63) is 46.8 Å². The van der Waals surface area contributed by atoms with E-state index in [4.69, 9.17) is 0 Å². The van der Waals surface area contributed by atoms with Crippen LogP contribution in [0.2, 0.25) is 0 Å². The molecular weight excluding hydrogens is 398 g/mol. The number of piperidine rings is 1. The molecule has 2 aliphatic rings. The Morgan fingerprint density at radius 2 is 1.86 bits per heavy atom. The fourth-order valence-corrected chi connectivity index (χ4v) is 3.88. The Bertz CT molecular complexity index is 815. The molecule has 2 aliphatic heterocycles. The van der Waals surface area contributed by atoms with Gasteiger partial charge >= 0.3 is 6.18 Å². The molecule has 0 amide bonds. The first-order valence-corrected chi connectivity index (χ1v) is 9.12. The topological polar surface area (TPSA) is 46.0 Å². The van der Waals surface area contributed by atoms with Crippen LogP contribution >= 0.6 is 12.4 Å². The summed E-state index contributed by atoms with van der Waals surface area (Å²) >= 11 is 0. The maximum Gasteiger partial charge on any atom is 0.416 e. The Morgan fingerprint density at radius 1 is 1.11 bits per heavy atom. The van der Waals surface area contributed by atoms with Gasteiger partial charge in [0.25, 0.3) is 0 Å². The lowest BCUT2D eigenvalue weighted by Crippen LogP contribution is -2.35. The highest BCUT2D eigenvalue weighted by Crippen LogP contribution is 2.32.